The summed E-state index contributed by atoms with van der Waals surface area (Å²) in [5, 5.41) is 1.66. The van der Waals surface area contributed by atoms with Gasteiger partial charge in [0.05, 0.1) is 29.5 Å². The minimum Gasteiger partial charge on any atom is -0.463 e. The van der Waals surface area contributed by atoms with Gasteiger partial charge in [0, 0.05) is 5.70 Å². The number of hydrazine groups is 1. The molecular formula is C17H19F3N2O2. The number of ether oxygens (including phenoxy) is 1. The molecule has 0 spiro atoms. The molecule has 1 aliphatic heterocycles. The average Bonchev–Trinajstić information content (AvgIpc) is 3.29. The lowest BCUT2D eigenvalue weighted by Crippen LogP contribution is -2.41. The van der Waals surface area contributed by atoms with E-state index >= 15 is 0 Å². The third-order valence-corrected chi connectivity index (χ3v) is 4.28. The van der Waals surface area contributed by atoms with Crippen LogP contribution in [0.1, 0.15) is 32.3 Å². The van der Waals surface area contributed by atoms with Crippen molar-refractivity contribution in [1.29, 1.82) is 0 Å². The minimum atomic E-state index is -4.41. The van der Waals surface area contributed by atoms with Crippen molar-refractivity contribution < 1.29 is 22.7 Å². The molecule has 0 amide bonds. The molecule has 1 aromatic rings. The highest BCUT2D eigenvalue weighted by Gasteiger charge is 2.46. The van der Waals surface area contributed by atoms with Gasteiger partial charge in [-0.05, 0) is 50.8 Å². The van der Waals surface area contributed by atoms with E-state index in [4.69, 9.17) is 4.74 Å². The van der Waals surface area contributed by atoms with Crippen molar-refractivity contribution in [2.24, 2.45) is 5.92 Å². The van der Waals surface area contributed by atoms with Crippen LogP contribution in [0.4, 0.5) is 18.9 Å². The fourth-order valence-electron chi connectivity index (χ4n) is 3.06. The van der Waals surface area contributed by atoms with Gasteiger partial charge in [0.25, 0.3) is 0 Å². The summed E-state index contributed by atoms with van der Waals surface area (Å²) in [6.07, 6.45) is -2.52. The number of anilines is 1. The second kappa shape index (κ2) is 6.03. The number of esters is 1. The molecule has 1 N–H and O–H groups in total. The van der Waals surface area contributed by atoms with Crippen LogP contribution in [0.15, 0.2) is 35.5 Å². The topological polar surface area (TPSA) is 41.6 Å². The molecule has 1 saturated carbocycles. The molecule has 0 saturated heterocycles. The van der Waals surface area contributed by atoms with Crippen molar-refractivity contribution >= 4 is 11.7 Å². The van der Waals surface area contributed by atoms with Gasteiger partial charge in [-0.2, -0.15) is 13.2 Å². The van der Waals surface area contributed by atoms with E-state index in [0.29, 0.717) is 17.0 Å². The number of halogens is 3. The van der Waals surface area contributed by atoms with Gasteiger partial charge in [-0.15, -0.1) is 0 Å². The van der Waals surface area contributed by atoms with Gasteiger partial charge in [-0.25, -0.2) is 4.79 Å². The Morgan fingerprint density at radius 1 is 1.38 bits per heavy atom. The molecular weight excluding hydrogens is 321 g/mol. The van der Waals surface area contributed by atoms with Gasteiger partial charge in [-0.3, -0.25) is 5.01 Å². The van der Waals surface area contributed by atoms with Crippen molar-refractivity contribution in [2.75, 3.05) is 11.6 Å². The first kappa shape index (κ1) is 16.7. The number of carbonyl (C=O) groups excluding carboxylic acids is 1. The lowest BCUT2D eigenvalue weighted by Gasteiger charge is -2.28. The Morgan fingerprint density at radius 3 is 2.67 bits per heavy atom. The molecule has 2 aliphatic rings. The van der Waals surface area contributed by atoms with E-state index in [2.05, 4.69) is 5.43 Å². The van der Waals surface area contributed by atoms with Crippen molar-refractivity contribution in [3.63, 3.8) is 0 Å². The molecule has 3 rings (SSSR count). The maximum Gasteiger partial charge on any atom is 0.416 e. The van der Waals surface area contributed by atoms with Crippen LogP contribution in [0.25, 0.3) is 0 Å². The number of benzene rings is 1. The molecule has 4 nitrogen and oxygen atoms in total. The zero-order valence-electron chi connectivity index (χ0n) is 13.5. The van der Waals surface area contributed by atoms with Crippen LogP contribution >= 0.6 is 0 Å². The van der Waals surface area contributed by atoms with Crippen LogP contribution in [0.2, 0.25) is 0 Å². The maximum atomic E-state index is 13.0. The first-order valence-corrected chi connectivity index (χ1v) is 7.94. The minimum absolute atomic E-state index is 0.240. The third kappa shape index (κ3) is 3.07. The standard InChI is InChI=1S/C17H19F3N2O2/c1-3-24-16(23)14-10(2)21-22(15(14)11-7-8-11)13-6-4-5-12(9-13)17(18,19)20/h4-6,9,11,15,21H,3,7-8H2,1-2H3. The summed E-state index contributed by atoms with van der Waals surface area (Å²) < 4.78 is 44.1. The van der Waals surface area contributed by atoms with E-state index in [9.17, 15) is 18.0 Å². The number of nitrogens with zero attached hydrogens (tertiary/aromatic N) is 1. The largest absolute Gasteiger partial charge is 0.463 e. The number of hydrogen-bond donors (Lipinski definition) is 1. The first-order valence-electron chi connectivity index (χ1n) is 7.94. The summed E-state index contributed by atoms with van der Waals surface area (Å²) in [7, 11) is 0. The number of nitrogens with one attached hydrogen (secondary N) is 1. The summed E-state index contributed by atoms with van der Waals surface area (Å²) in [6, 6.07) is 4.83. The molecule has 0 bridgehead atoms. The Labute approximate surface area is 138 Å². The molecule has 1 aromatic carbocycles. The Hall–Kier alpha value is -2.18. The molecule has 1 aliphatic carbocycles. The number of alkyl halides is 3. The monoisotopic (exact) mass is 340 g/mol. The fraction of sp³-hybridized carbons (Fsp3) is 0.471. The number of rotatable bonds is 4. The van der Waals surface area contributed by atoms with Gasteiger partial charge < -0.3 is 10.2 Å². The molecule has 1 heterocycles. The average molecular weight is 340 g/mol. The SMILES string of the molecule is CCOC(=O)C1=C(C)NN(c2cccc(C(F)(F)F)c2)C1C1CC1. The van der Waals surface area contributed by atoms with Gasteiger partial charge >= 0.3 is 12.1 Å². The van der Waals surface area contributed by atoms with Gasteiger partial charge in [-0.1, -0.05) is 6.07 Å². The highest BCUT2D eigenvalue weighted by atomic mass is 19.4. The highest BCUT2D eigenvalue weighted by Crippen LogP contribution is 2.43. The maximum absolute atomic E-state index is 13.0. The molecule has 24 heavy (non-hydrogen) atoms. The Bertz CT molecular complexity index is 681. The van der Waals surface area contributed by atoms with Gasteiger partial charge in [0.2, 0.25) is 0 Å². The van der Waals surface area contributed by atoms with Crippen molar-refractivity contribution in [2.45, 2.75) is 38.9 Å². The van der Waals surface area contributed by atoms with E-state index in [1.54, 1.807) is 24.9 Å². The summed E-state index contributed by atoms with van der Waals surface area (Å²) >= 11 is 0. The second-order valence-corrected chi connectivity index (χ2v) is 6.07. The summed E-state index contributed by atoms with van der Waals surface area (Å²) in [5.74, 6) is -0.169. The summed E-state index contributed by atoms with van der Waals surface area (Å²) in [6.45, 7) is 3.73. The molecule has 1 fully saturated rings. The lowest BCUT2D eigenvalue weighted by molar-refractivity contribution is -0.139. The van der Waals surface area contributed by atoms with Gasteiger partial charge in [0.1, 0.15) is 0 Å². The number of carbonyl (C=O) groups is 1. The quantitative estimate of drug-likeness (QED) is 0.850. The predicted molar refractivity (Wildman–Crippen MR) is 82.9 cm³/mol. The molecule has 0 radical (unpaired) electrons. The summed E-state index contributed by atoms with van der Waals surface area (Å²) in [4.78, 5) is 12.3. The second-order valence-electron chi connectivity index (χ2n) is 6.07. The van der Waals surface area contributed by atoms with Crippen molar-refractivity contribution in [1.82, 2.24) is 5.43 Å². The predicted octanol–water partition coefficient (Wildman–Crippen LogP) is 3.65. The molecule has 0 aromatic heterocycles. The lowest BCUT2D eigenvalue weighted by atomic mass is 10.0. The van der Waals surface area contributed by atoms with Crippen LogP contribution in [0.3, 0.4) is 0 Å². The van der Waals surface area contributed by atoms with Crippen molar-refractivity contribution in [3.8, 4) is 0 Å². The molecule has 1 unspecified atom stereocenters. The zero-order chi connectivity index (χ0) is 17.5. The van der Waals surface area contributed by atoms with Crippen molar-refractivity contribution in [3.05, 3.63) is 41.1 Å². The molecule has 1 atom stereocenters. The van der Waals surface area contributed by atoms with E-state index in [-0.39, 0.29) is 18.6 Å². The fourth-order valence-corrected chi connectivity index (χ4v) is 3.06. The van der Waals surface area contributed by atoms with Crippen LogP contribution in [0, 0.1) is 5.92 Å². The number of hydrogen-bond acceptors (Lipinski definition) is 4. The van der Waals surface area contributed by atoms with E-state index in [0.717, 1.165) is 25.0 Å². The van der Waals surface area contributed by atoms with Crippen LogP contribution in [-0.2, 0) is 15.7 Å². The normalized spacial score (nSPS) is 21.0. The van der Waals surface area contributed by atoms with E-state index in [1.807, 2.05) is 0 Å². The van der Waals surface area contributed by atoms with E-state index in [1.165, 1.54) is 6.07 Å². The zero-order valence-corrected chi connectivity index (χ0v) is 13.5. The molecule has 130 valence electrons. The number of allylic oxidation sites excluding steroid dienone is 1. The Balaban J connectivity index is 1.94. The third-order valence-electron chi connectivity index (χ3n) is 4.28. The summed E-state index contributed by atoms with van der Waals surface area (Å²) in [5.41, 5.74) is 3.87. The Morgan fingerprint density at radius 2 is 2.08 bits per heavy atom. The van der Waals surface area contributed by atoms with Crippen LogP contribution in [-0.4, -0.2) is 18.6 Å². The first-order chi connectivity index (χ1) is 11.3. The highest BCUT2D eigenvalue weighted by molar-refractivity contribution is 5.92. The van der Waals surface area contributed by atoms with Gasteiger partial charge in [0.15, 0.2) is 0 Å². The van der Waals surface area contributed by atoms with Crippen LogP contribution in [0.5, 0.6) is 0 Å². The molecule has 7 heteroatoms. The smallest absolute Gasteiger partial charge is 0.416 e. The van der Waals surface area contributed by atoms with E-state index < -0.39 is 17.7 Å². The van der Waals surface area contributed by atoms with Crippen LogP contribution < -0.4 is 10.4 Å². The Kier molecular flexibility index (Phi) is 4.19.